The second kappa shape index (κ2) is 9.12. The number of halogens is 2. The van der Waals surface area contributed by atoms with Crippen molar-refractivity contribution in [1.29, 1.82) is 0 Å². The lowest BCUT2D eigenvalue weighted by Crippen LogP contribution is -2.32. The van der Waals surface area contributed by atoms with Crippen molar-refractivity contribution in [2.45, 2.75) is 6.92 Å². The number of imide groups is 1. The van der Waals surface area contributed by atoms with Gasteiger partial charge in [-0.05, 0) is 37.3 Å². The summed E-state index contributed by atoms with van der Waals surface area (Å²) in [7, 11) is 1.45. The van der Waals surface area contributed by atoms with E-state index < -0.39 is 23.4 Å². The van der Waals surface area contributed by atoms with E-state index in [4.69, 9.17) is 9.47 Å². The maximum atomic E-state index is 13.9. The Morgan fingerprint density at radius 3 is 2.27 bits per heavy atom. The number of nitrogens with one attached hydrogen (secondary N) is 1. The highest BCUT2D eigenvalue weighted by Crippen LogP contribution is 2.38. The first-order chi connectivity index (χ1) is 16.0. The number of para-hydroxylation sites is 3. The average Bonchev–Trinajstić information content (AvgIpc) is 3.06. The van der Waals surface area contributed by atoms with E-state index in [-0.39, 0.29) is 17.0 Å². The van der Waals surface area contributed by atoms with Gasteiger partial charge in [0, 0.05) is 11.6 Å². The number of nitrogens with zero attached hydrogens (tertiary/aromatic N) is 1. The van der Waals surface area contributed by atoms with Crippen LogP contribution in [0.3, 0.4) is 0 Å². The standard InChI is InChI=1S/C25H20F2N2O4/c1-3-33-21-11-7-5-9-19(21)28-23-22(16-8-4-6-10-20(16)32-2)24(30)29(25(23)31)15-12-13-17(26)18(27)14-15/h4-14,28H,3H2,1-2H3. The molecule has 1 N–H and O–H groups in total. The molecule has 0 aliphatic carbocycles. The predicted molar refractivity (Wildman–Crippen MR) is 120 cm³/mol. The number of rotatable bonds is 7. The van der Waals surface area contributed by atoms with Crippen molar-refractivity contribution in [3.8, 4) is 11.5 Å². The highest BCUT2D eigenvalue weighted by molar-refractivity contribution is 6.46. The van der Waals surface area contributed by atoms with Crippen LogP contribution in [0.15, 0.2) is 72.4 Å². The number of methoxy groups -OCH3 is 1. The van der Waals surface area contributed by atoms with E-state index in [1.165, 1.54) is 13.2 Å². The number of carbonyl (C=O) groups is 2. The van der Waals surface area contributed by atoms with Gasteiger partial charge in [0.25, 0.3) is 11.8 Å². The molecule has 4 rings (SSSR count). The minimum Gasteiger partial charge on any atom is -0.496 e. The third kappa shape index (κ3) is 4.03. The Morgan fingerprint density at radius 1 is 0.879 bits per heavy atom. The summed E-state index contributed by atoms with van der Waals surface area (Å²) >= 11 is 0. The molecule has 0 spiro atoms. The minimum absolute atomic E-state index is 0.0356. The molecule has 2 amide bonds. The molecule has 0 fully saturated rings. The van der Waals surface area contributed by atoms with E-state index in [9.17, 15) is 18.4 Å². The number of hydrogen-bond acceptors (Lipinski definition) is 5. The molecule has 33 heavy (non-hydrogen) atoms. The number of anilines is 2. The van der Waals surface area contributed by atoms with Gasteiger partial charge >= 0.3 is 0 Å². The van der Waals surface area contributed by atoms with Crippen LogP contribution < -0.4 is 19.7 Å². The van der Waals surface area contributed by atoms with Crippen LogP contribution in [0.25, 0.3) is 5.57 Å². The second-order valence-corrected chi connectivity index (χ2v) is 7.05. The van der Waals surface area contributed by atoms with Crippen molar-refractivity contribution < 1.29 is 27.8 Å². The second-order valence-electron chi connectivity index (χ2n) is 7.05. The summed E-state index contributed by atoms with van der Waals surface area (Å²) in [6, 6.07) is 16.5. The van der Waals surface area contributed by atoms with E-state index in [2.05, 4.69) is 5.32 Å². The summed E-state index contributed by atoms with van der Waals surface area (Å²) in [5.41, 5.74) is 0.746. The summed E-state index contributed by atoms with van der Waals surface area (Å²) < 4.78 is 38.4. The lowest BCUT2D eigenvalue weighted by atomic mass is 10.0. The number of ether oxygens (including phenoxy) is 2. The van der Waals surface area contributed by atoms with Crippen molar-refractivity contribution in [2.75, 3.05) is 23.9 Å². The topological polar surface area (TPSA) is 67.9 Å². The number of benzene rings is 3. The highest BCUT2D eigenvalue weighted by atomic mass is 19.2. The average molecular weight is 450 g/mol. The fourth-order valence-corrected chi connectivity index (χ4v) is 3.59. The van der Waals surface area contributed by atoms with Crippen LogP contribution in [0.5, 0.6) is 11.5 Å². The van der Waals surface area contributed by atoms with Crippen molar-refractivity contribution in [2.24, 2.45) is 0 Å². The summed E-state index contributed by atoms with van der Waals surface area (Å²) in [6.07, 6.45) is 0. The Kier molecular flexibility index (Phi) is 6.08. The van der Waals surface area contributed by atoms with Crippen molar-refractivity contribution in [1.82, 2.24) is 0 Å². The summed E-state index contributed by atoms with van der Waals surface area (Å²) in [5.74, 6) is -2.82. The fraction of sp³-hybridized carbons (Fsp3) is 0.120. The Bertz CT molecular complexity index is 1270. The predicted octanol–water partition coefficient (Wildman–Crippen LogP) is 4.77. The van der Waals surface area contributed by atoms with Crippen LogP contribution in [0, 0.1) is 11.6 Å². The minimum atomic E-state index is -1.17. The molecule has 0 unspecified atom stereocenters. The van der Waals surface area contributed by atoms with Gasteiger partial charge in [-0.3, -0.25) is 9.59 Å². The molecule has 0 atom stereocenters. The lowest BCUT2D eigenvalue weighted by molar-refractivity contribution is -0.120. The largest absolute Gasteiger partial charge is 0.496 e. The van der Waals surface area contributed by atoms with Crippen molar-refractivity contribution in [3.05, 3.63) is 89.6 Å². The van der Waals surface area contributed by atoms with Gasteiger partial charge in [-0.2, -0.15) is 0 Å². The van der Waals surface area contributed by atoms with Crippen LogP contribution in [0.4, 0.5) is 20.2 Å². The van der Waals surface area contributed by atoms with E-state index >= 15 is 0 Å². The van der Waals surface area contributed by atoms with E-state index in [0.29, 0.717) is 29.4 Å². The van der Waals surface area contributed by atoms with Gasteiger partial charge in [0.1, 0.15) is 17.2 Å². The van der Waals surface area contributed by atoms with Crippen LogP contribution in [-0.2, 0) is 9.59 Å². The van der Waals surface area contributed by atoms with Gasteiger partial charge in [-0.1, -0.05) is 30.3 Å². The maximum Gasteiger partial charge on any atom is 0.282 e. The molecular weight excluding hydrogens is 430 g/mol. The van der Waals surface area contributed by atoms with E-state index in [1.807, 2.05) is 6.92 Å². The zero-order valence-electron chi connectivity index (χ0n) is 17.9. The van der Waals surface area contributed by atoms with Crippen molar-refractivity contribution in [3.63, 3.8) is 0 Å². The first-order valence-electron chi connectivity index (χ1n) is 10.2. The molecular formula is C25H20F2N2O4. The molecule has 168 valence electrons. The Morgan fingerprint density at radius 2 is 1.58 bits per heavy atom. The van der Waals surface area contributed by atoms with Crippen LogP contribution in [0.2, 0.25) is 0 Å². The number of hydrogen-bond donors (Lipinski definition) is 1. The fourth-order valence-electron chi connectivity index (χ4n) is 3.59. The number of carbonyl (C=O) groups excluding carboxylic acids is 2. The van der Waals surface area contributed by atoms with Crippen LogP contribution >= 0.6 is 0 Å². The highest BCUT2D eigenvalue weighted by Gasteiger charge is 2.41. The first-order valence-corrected chi connectivity index (χ1v) is 10.2. The Balaban J connectivity index is 1.87. The molecule has 1 heterocycles. The molecule has 8 heteroatoms. The summed E-state index contributed by atoms with van der Waals surface area (Å²) in [5, 5.41) is 3.02. The smallest absolute Gasteiger partial charge is 0.282 e. The van der Waals surface area contributed by atoms with Gasteiger partial charge in [0.15, 0.2) is 11.6 Å². The molecule has 0 saturated heterocycles. The molecule has 1 aliphatic heterocycles. The van der Waals surface area contributed by atoms with Gasteiger partial charge in [0.2, 0.25) is 0 Å². The molecule has 1 aliphatic rings. The van der Waals surface area contributed by atoms with Gasteiger partial charge in [-0.25, -0.2) is 13.7 Å². The Labute approximate surface area is 189 Å². The summed E-state index contributed by atoms with van der Waals surface area (Å²) in [4.78, 5) is 27.8. The molecule has 3 aromatic carbocycles. The van der Waals surface area contributed by atoms with Gasteiger partial charge in [-0.15, -0.1) is 0 Å². The molecule has 6 nitrogen and oxygen atoms in total. The van der Waals surface area contributed by atoms with Crippen LogP contribution in [-0.4, -0.2) is 25.5 Å². The van der Waals surface area contributed by atoms with Crippen molar-refractivity contribution >= 4 is 28.8 Å². The first kappa shape index (κ1) is 22.0. The monoisotopic (exact) mass is 450 g/mol. The zero-order chi connectivity index (χ0) is 23.5. The van der Waals surface area contributed by atoms with E-state index in [0.717, 1.165) is 17.0 Å². The third-order valence-electron chi connectivity index (χ3n) is 5.07. The van der Waals surface area contributed by atoms with Crippen LogP contribution in [0.1, 0.15) is 12.5 Å². The molecule has 3 aromatic rings. The van der Waals surface area contributed by atoms with E-state index in [1.54, 1.807) is 48.5 Å². The maximum absolute atomic E-state index is 13.9. The third-order valence-corrected chi connectivity index (χ3v) is 5.07. The molecule has 0 bridgehead atoms. The number of amides is 2. The zero-order valence-corrected chi connectivity index (χ0v) is 17.9. The lowest BCUT2D eigenvalue weighted by Gasteiger charge is -2.16. The quantitative estimate of drug-likeness (QED) is 0.526. The Hall–Kier alpha value is -4.20. The SMILES string of the molecule is CCOc1ccccc1NC1=C(c2ccccc2OC)C(=O)N(c2ccc(F)c(F)c2)C1=O. The molecule has 0 radical (unpaired) electrons. The molecule has 0 aromatic heterocycles. The van der Waals surface area contributed by atoms with Gasteiger partial charge < -0.3 is 14.8 Å². The molecule has 0 saturated carbocycles. The van der Waals surface area contributed by atoms with Gasteiger partial charge in [0.05, 0.1) is 30.7 Å². The summed E-state index contributed by atoms with van der Waals surface area (Å²) in [6.45, 7) is 2.22. The normalized spacial score (nSPS) is 13.5.